The Bertz CT molecular complexity index is 569. The maximum atomic E-state index is 5.55. The Morgan fingerprint density at radius 2 is 2.08 bits per heavy atom. The zero-order chi connectivity index (χ0) is 18.2. The first-order valence-electron chi connectivity index (χ1n) is 9.13. The van der Waals surface area contributed by atoms with E-state index in [1.807, 2.05) is 25.1 Å². The molecule has 1 aliphatic rings. The van der Waals surface area contributed by atoms with Crippen LogP contribution in [-0.2, 0) is 0 Å². The Kier molecular flexibility index (Phi) is 7.37. The van der Waals surface area contributed by atoms with Crippen LogP contribution < -0.4 is 20.1 Å². The van der Waals surface area contributed by atoms with Gasteiger partial charge in [0, 0.05) is 44.0 Å². The van der Waals surface area contributed by atoms with Crippen molar-refractivity contribution in [1.29, 1.82) is 0 Å². The van der Waals surface area contributed by atoms with Crippen LogP contribution in [0.3, 0.4) is 0 Å². The largest absolute Gasteiger partial charge is 0.493 e. The molecule has 0 radical (unpaired) electrons. The van der Waals surface area contributed by atoms with Gasteiger partial charge in [-0.25, -0.2) is 0 Å². The number of anilines is 1. The molecule has 0 amide bonds. The third-order valence-corrected chi connectivity index (χ3v) is 4.29. The molecule has 0 heterocycles. The van der Waals surface area contributed by atoms with Crippen LogP contribution in [0.25, 0.3) is 0 Å². The average molecular weight is 348 g/mol. The highest BCUT2D eigenvalue weighted by molar-refractivity contribution is 5.93. The summed E-state index contributed by atoms with van der Waals surface area (Å²) in [5, 5.41) is 6.69. The van der Waals surface area contributed by atoms with Gasteiger partial charge in [0.15, 0.2) is 17.5 Å². The van der Waals surface area contributed by atoms with Gasteiger partial charge in [0.1, 0.15) is 0 Å². The number of nitrogens with zero attached hydrogens (tertiary/aromatic N) is 2. The monoisotopic (exact) mass is 348 g/mol. The van der Waals surface area contributed by atoms with Crippen LogP contribution >= 0.6 is 0 Å². The van der Waals surface area contributed by atoms with Crippen molar-refractivity contribution in [2.75, 3.05) is 39.2 Å². The first-order chi connectivity index (χ1) is 12.1. The van der Waals surface area contributed by atoms with E-state index in [9.17, 15) is 0 Å². The lowest BCUT2D eigenvalue weighted by Crippen LogP contribution is -2.41. The quantitative estimate of drug-likeness (QED) is 0.531. The molecule has 6 nitrogen and oxygen atoms in total. The van der Waals surface area contributed by atoms with Crippen LogP contribution in [-0.4, -0.2) is 56.8 Å². The van der Waals surface area contributed by atoms with E-state index in [0.29, 0.717) is 18.4 Å². The minimum Gasteiger partial charge on any atom is -0.493 e. The van der Waals surface area contributed by atoms with Gasteiger partial charge in [-0.15, -0.1) is 0 Å². The van der Waals surface area contributed by atoms with Gasteiger partial charge in [-0.05, 0) is 45.7 Å². The van der Waals surface area contributed by atoms with Crippen molar-refractivity contribution in [3.05, 3.63) is 18.2 Å². The SMILES string of the molecule is CCOc1ccc(NC(=NC)NCCN(C(C)C)C2CC2)cc1OC. The maximum absolute atomic E-state index is 5.55. The van der Waals surface area contributed by atoms with Gasteiger partial charge in [-0.1, -0.05) is 0 Å². The summed E-state index contributed by atoms with van der Waals surface area (Å²) < 4.78 is 10.9. The summed E-state index contributed by atoms with van der Waals surface area (Å²) in [6.45, 7) is 8.98. The number of guanidine groups is 1. The highest BCUT2D eigenvalue weighted by Gasteiger charge is 2.30. The third kappa shape index (κ3) is 5.81. The van der Waals surface area contributed by atoms with Gasteiger partial charge in [-0.3, -0.25) is 9.89 Å². The second kappa shape index (κ2) is 9.51. The molecule has 140 valence electrons. The lowest BCUT2D eigenvalue weighted by Gasteiger charge is -2.26. The number of benzene rings is 1. The highest BCUT2D eigenvalue weighted by Crippen LogP contribution is 2.30. The van der Waals surface area contributed by atoms with E-state index in [1.165, 1.54) is 12.8 Å². The fourth-order valence-electron chi connectivity index (χ4n) is 2.91. The Labute approximate surface area is 151 Å². The first kappa shape index (κ1) is 19.4. The first-order valence-corrected chi connectivity index (χ1v) is 9.13. The molecule has 6 heteroatoms. The topological polar surface area (TPSA) is 58.1 Å². The Balaban J connectivity index is 1.89. The van der Waals surface area contributed by atoms with E-state index in [2.05, 4.69) is 34.4 Å². The molecule has 1 aromatic rings. The van der Waals surface area contributed by atoms with Crippen molar-refractivity contribution in [3.63, 3.8) is 0 Å². The van der Waals surface area contributed by atoms with E-state index in [1.54, 1.807) is 14.2 Å². The standard InChI is InChI=1S/C19H32N4O2/c1-6-25-17-10-7-15(13-18(17)24-5)22-19(20-4)21-11-12-23(14(2)3)16-8-9-16/h7,10,13-14,16H,6,8-9,11-12H2,1-5H3,(H2,20,21,22). The number of methoxy groups -OCH3 is 1. The fraction of sp³-hybridized carbons (Fsp3) is 0.632. The molecule has 1 fully saturated rings. The van der Waals surface area contributed by atoms with Crippen molar-refractivity contribution in [1.82, 2.24) is 10.2 Å². The van der Waals surface area contributed by atoms with Crippen LogP contribution in [0.15, 0.2) is 23.2 Å². The molecule has 1 aliphatic carbocycles. The van der Waals surface area contributed by atoms with Crippen LogP contribution in [0.1, 0.15) is 33.6 Å². The van der Waals surface area contributed by atoms with Gasteiger partial charge in [0.05, 0.1) is 13.7 Å². The predicted octanol–water partition coefficient (Wildman–Crippen LogP) is 2.95. The summed E-state index contributed by atoms with van der Waals surface area (Å²) in [5.41, 5.74) is 0.913. The normalized spacial score (nSPS) is 14.8. The molecule has 2 N–H and O–H groups in total. The van der Waals surface area contributed by atoms with Gasteiger partial charge >= 0.3 is 0 Å². The van der Waals surface area contributed by atoms with Crippen LogP contribution in [0.4, 0.5) is 5.69 Å². The predicted molar refractivity (Wildman–Crippen MR) is 104 cm³/mol. The highest BCUT2D eigenvalue weighted by atomic mass is 16.5. The van der Waals surface area contributed by atoms with Crippen molar-refractivity contribution in [2.24, 2.45) is 4.99 Å². The summed E-state index contributed by atoms with van der Waals surface area (Å²) in [6, 6.07) is 7.14. The van der Waals surface area contributed by atoms with E-state index >= 15 is 0 Å². The summed E-state index contributed by atoms with van der Waals surface area (Å²) in [4.78, 5) is 6.86. The second-order valence-electron chi connectivity index (χ2n) is 6.49. The number of hydrogen-bond acceptors (Lipinski definition) is 4. The van der Waals surface area contributed by atoms with Gasteiger partial charge in [-0.2, -0.15) is 0 Å². The van der Waals surface area contributed by atoms with Gasteiger partial charge in [0.25, 0.3) is 0 Å². The van der Waals surface area contributed by atoms with E-state index in [4.69, 9.17) is 9.47 Å². The van der Waals surface area contributed by atoms with E-state index in [-0.39, 0.29) is 0 Å². The molecule has 0 unspecified atom stereocenters. The summed E-state index contributed by atoms with van der Waals surface area (Å²) in [5.74, 6) is 2.21. The smallest absolute Gasteiger partial charge is 0.195 e. The van der Waals surface area contributed by atoms with Crippen LogP contribution in [0.5, 0.6) is 11.5 Å². The number of hydrogen-bond donors (Lipinski definition) is 2. The Morgan fingerprint density at radius 3 is 2.64 bits per heavy atom. The molecular weight excluding hydrogens is 316 g/mol. The number of rotatable bonds is 9. The van der Waals surface area contributed by atoms with Gasteiger partial charge in [0.2, 0.25) is 0 Å². The van der Waals surface area contributed by atoms with E-state index in [0.717, 1.165) is 36.5 Å². The van der Waals surface area contributed by atoms with Crippen molar-refractivity contribution >= 4 is 11.6 Å². The van der Waals surface area contributed by atoms with Gasteiger partial charge < -0.3 is 20.1 Å². The molecule has 0 saturated heterocycles. The molecule has 0 bridgehead atoms. The summed E-state index contributed by atoms with van der Waals surface area (Å²) in [7, 11) is 3.43. The number of nitrogens with one attached hydrogen (secondary N) is 2. The molecule has 25 heavy (non-hydrogen) atoms. The molecule has 2 rings (SSSR count). The Morgan fingerprint density at radius 1 is 1.32 bits per heavy atom. The molecular formula is C19H32N4O2. The second-order valence-corrected chi connectivity index (χ2v) is 6.49. The zero-order valence-electron chi connectivity index (χ0n) is 16.1. The minimum absolute atomic E-state index is 0.583. The third-order valence-electron chi connectivity index (χ3n) is 4.29. The molecule has 0 atom stereocenters. The minimum atomic E-state index is 0.583. The molecule has 0 aliphatic heterocycles. The summed E-state index contributed by atoms with van der Waals surface area (Å²) >= 11 is 0. The zero-order valence-corrected chi connectivity index (χ0v) is 16.1. The molecule has 0 spiro atoms. The van der Waals surface area contributed by atoms with Crippen LogP contribution in [0, 0.1) is 0 Å². The molecule has 0 aromatic heterocycles. The average Bonchev–Trinajstić information content (AvgIpc) is 3.43. The van der Waals surface area contributed by atoms with Crippen molar-refractivity contribution in [2.45, 2.75) is 45.7 Å². The lowest BCUT2D eigenvalue weighted by atomic mass is 10.2. The number of ether oxygens (including phenoxy) is 2. The summed E-state index contributed by atoms with van der Waals surface area (Å²) in [6.07, 6.45) is 2.66. The van der Waals surface area contributed by atoms with Crippen molar-refractivity contribution < 1.29 is 9.47 Å². The molecule has 1 saturated carbocycles. The molecule has 1 aromatic carbocycles. The maximum Gasteiger partial charge on any atom is 0.195 e. The fourth-order valence-corrected chi connectivity index (χ4v) is 2.91. The number of aliphatic imine (C=N–C) groups is 1. The Hall–Kier alpha value is -1.95. The van der Waals surface area contributed by atoms with Crippen molar-refractivity contribution in [3.8, 4) is 11.5 Å². The van der Waals surface area contributed by atoms with E-state index < -0.39 is 0 Å². The lowest BCUT2D eigenvalue weighted by molar-refractivity contribution is 0.215. The van der Waals surface area contributed by atoms with Crippen LogP contribution in [0.2, 0.25) is 0 Å².